The Bertz CT molecular complexity index is 456. The molecule has 21 heavy (non-hydrogen) atoms. The maximum atomic E-state index is 10.8. The summed E-state index contributed by atoms with van der Waals surface area (Å²) in [6.07, 6.45) is 9.88. The van der Waals surface area contributed by atoms with Crippen LogP contribution in [0.4, 0.5) is 0 Å². The molecule has 114 valence electrons. The third kappa shape index (κ3) is 6.13. The number of rotatable bonds is 8. The van der Waals surface area contributed by atoms with E-state index in [0.717, 1.165) is 19.4 Å². The SMILES string of the molecule is O=C(O)CCC(Cc1ccccc1)NCC1CC=CCC1. The van der Waals surface area contributed by atoms with Gasteiger partial charge in [0.15, 0.2) is 0 Å². The summed E-state index contributed by atoms with van der Waals surface area (Å²) >= 11 is 0. The molecule has 0 bridgehead atoms. The van der Waals surface area contributed by atoms with Crippen LogP contribution in [-0.2, 0) is 11.2 Å². The molecular weight excluding hydrogens is 262 g/mol. The second-order valence-electron chi connectivity index (χ2n) is 5.88. The lowest BCUT2D eigenvalue weighted by molar-refractivity contribution is -0.137. The number of hydrogen-bond acceptors (Lipinski definition) is 2. The number of benzene rings is 1. The van der Waals surface area contributed by atoms with Gasteiger partial charge in [0.1, 0.15) is 0 Å². The van der Waals surface area contributed by atoms with Gasteiger partial charge in [-0.3, -0.25) is 4.79 Å². The average Bonchev–Trinajstić information content (AvgIpc) is 2.52. The summed E-state index contributed by atoms with van der Waals surface area (Å²) in [6, 6.07) is 10.6. The van der Waals surface area contributed by atoms with Crippen molar-refractivity contribution in [3.05, 3.63) is 48.0 Å². The maximum Gasteiger partial charge on any atom is 0.303 e. The van der Waals surface area contributed by atoms with E-state index in [9.17, 15) is 4.79 Å². The van der Waals surface area contributed by atoms with Crippen molar-refractivity contribution in [1.82, 2.24) is 5.32 Å². The Morgan fingerprint density at radius 1 is 1.29 bits per heavy atom. The first-order valence-corrected chi connectivity index (χ1v) is 7.88. The molecule has 3 heteroatoms. The molecule has 0 aromatic heterocycles. The highest BCUT2D eigenvalue weighted by Crippen LogP contribution is 2.18. The molecule has 2 rings (SSSR count). The number of carbonyl (C=O) groups is 1. The smallest absolute Gasteiger partial charge is 0.303 e. The van der Waals surface area contributed by atoms with Crippen LogP contribution in [0.3, 0.4) is 0 Å². The zero-order valence-electron chi connectivity index (χ0n) is 12.5. The Morgan fingerprint density at radius 2 is 2.10 bits per heavy atom. The summed E-state index contributed by atoms with van der Waals surface area (Å²) in [4.78, 5) is 10.8. The van der Waals surface area contributed by atoms with Crippen molar-refractivity contribution in [3.63, 3.8) is 0 Å². The van der Waals surface area contributed by atoms with Gasteiger partial charge in [0, 0.05) is 12.5 Å². The van der Waals surface area contributed by atoms with Crippen molar-refractivity contribution < 1.29 is 9.90 Å². The monoisotopic (exact) mass is 287 g/mol. The second kappa shape index (κ2) is 8.63. The molecule has 0 heterocycles. The van der Waals surface area contributed by atoms with Gasteiger partial charge in [-0.1, -0.05) is 42.5 Å². The molecule has 1 aliphatic rings. The topological polar surface area (TPSA) is 49.3 Å². The summed E-state index contributed by atoms with van der Waals surface area (Å²) in [5.74, 6) is -0.0198. The van der Waals surface area contributed by atoms with Gasteiger partial charge in [0.25, 0.3) is 0 Å². The lowest BCUT2D eigenvalue weighted by Gasteiger charge is -2.23. The molecule has 2 unspecified atom stereocenters. The first-order chi connectivity index (χ1) is 10.2. The molecule has 0 spiro atoms. The normalized spacial score (nSPS) is 19.3. The third-order valence-electron chi connectivity index (χ3n) is 4.10. The zero-order chi connectivity index (χ0) is 14.9. The first kappa shape index (κ1) is 15.8. The van der Waals surface area contributed by atoms with Crippen molar-refractivity contribution in [2.45, 2.75) is 44.6 Å². The fraction of sp³-hybridized carbons (Fsp3) is 0.500. The quantitative estimate of drug-likeness (QED) is 0.720. The fourth-order valence-corrected chi connectivity index (χ4v) is 2.85. The maximum absolute atomic E-state index is 10.8. The van der Waals surface area contributed by atoms with E-state index in [1.165, 1.54) is 18.4 Å². The Balaban J connectivity index is 1.85. The molecule has 2 N–H and O–H groups in total. The number of hydrogen-bond donors (Lipinski definition) is 2. The van der Waals surface area contributed by atoms with E-state index in [1.807, 2.05) is 18.2 Å². The van der Waals surface area contributed by atoms with Crippen molar-refractivity contribution in [3.8, 4) is 0 Å². The Kier molecular flexibility index (Phi) is 6.48. The van der Waals surface area contributed by atoms with E-state index < -0.39 is 5.97 Å². The Hall–Kier alpha value is -1.61. The molecule has 0 saturated heterocycles. The van der Waals surface area contributed by atoms with Crippen LogP contribution >= 0.6 is 0 Å². The van der Waals surface area contributed by atoms with Crippen LogP contribution in [0.2, 0.25) is 0 Å². The van der Waals surface area contributed by atoms with Gasteiger partial charge < -0.3 is 10.4 Å². The summed E-state index contributed by atoms with van der Waals surface area (Å²) in [7, 11) is 0. The predicted octanol–water partition coefficient (Wildman–Crippen LogP) is 3.41. The van der Waals surface area contributed by atoms with Crippen LogP contribution in [0, 0.1) is 5.92 Å². The van der Waals surface area contributed by atoms with Gasteiger partial charge in [0.05, 0.1) is 0 Å². The lowest BCUT2D eigenvalue weighted by Crippen LogP contribution is -2.35. The molecule has 1 aromatic carbocycles. The van der Waals surface area contributed by atoms with Crippen LogP contribution in [-0.4, -0.2) is 23.7 Å². The third-order valence-corrected chi connectivity index (χ3v) is 4.10. The molecule has 0 amide bonds. The predicted molar refractivity (Wildman–Crippen MR) is 85.3 cm³/mol. The highest BCUT2D eigenvalue weighted by atomic mass is 16.4. The number of allylic oxidation sites excluding steroid dienone is 2. The van der Waals surface area contributed by atoms with Crippen LogP contribution in [0.1, 0.15) is 37.7 Å². The average molecular weight is 287 g/mol. The molecular formula is C18H25NO2. The molecule has 3 nitrogen and oxygen atoms in total. The standard InChI is InChI=1S/C18H25NO2/c20-18(21)12-11-17(13-15-7-3-1-4-8-15)19-14-16-9-5-2-6-10-16/h1-5,7-8,16-17,19H,6,9-14H2,(H,20,21). The van der Waals surface area contributed by atoms with Gasteiger partial charge >= 0.3 is 5.97 Å². The molecule has 1 aromatic rings. The van der Waals surface area contributed by atoms with Gasteiger partial charge in [-0.2, -0.15) is 0 Å². The fourth-order valence-electron chi connectivity index (χ4n) is 2.85. The number of nitrogens with one attached hydrogen (secondary N) is 1. The molecule has 1 aliphatic carbocycles. The first-order valence-electron chi connectivity index (χ1n) is 7.88. The molecule has 0 radical (unpaired) electrons. The minimum absolute atomic E-state index is 0.231. The molecule has 0 aliphatic heterocycles. The number of carboxylic acids is 1. The Labute approximate surface area is 127 Å². The summed E-state index contributed by atoms with van der Waals surface area (Å²) in [5, 5.41) is 12.5. The van der Waals surface area contributed by atoms with Gasteiger partial charge in [-0.05, 0) is 50.1 Å². The second-order valence-corrected chi connectivity index (χ2v) is 5.88. The van der Waals surface area contributed by atoms with Crippen LogP contribution in [0.15, 0.2) is 42.5 Å². The highest BCUT2D eigenvalue weighted by Gasteiger charge is 2.15. The van der Waals surface area contributed by atoms with Crippen LogP contribution in [0.25, 0.3) is 0 Å². The van der Waals surface area contributed by atoms with Crippen molar-refractivity contribution in [2.75, 3.05) is 6.54 Å². The van der Waals surface area contributed by atoms with Gasteiger partial charge in [0.2, 0.25) is 0 Å². The lowest BCUT2D eigenvalue weighted by atomic mass is 9.93. The Morgan fingerprint density at radius 3 is 2.76 bits per heavy atom. The summed E-state index contributed by atoms with van der Waals surface area (Å²) in [6.45, 7) is 0.988. The van der Waals surface area contributed by atoms with Crippen LogP contribution < -0.4 is 5.32 Å². The minimum Gasteiger partial charge on any atom is -0.481 e. The van der Waals surface area contributed by atoms with E-state index >= 15 is 0 Å². The van der Waals surface area contributed by atoms with E-state index in [-0.39, 0.29) is 12.5 Å². The summed E-state index contributed by atoms with van der Waals surface area (Å²) < 4.78 is 0. The highest BCUT2D eigenvalue weighted by molar-refractivity contribution is 5.66. The van der Waals surface area contributed by atoms with E-state index in [1.54, 1.807) is 0 Å². The van der Waals surface area contributed by atoms with E-state index in [2.05, 4.69) is 29.6 Å². The van der Waals surface area contributed by atoms with Crippen molar-refractivity contribution in [2.24, 2.45) is 5.92 Å². The number of carboxylic acid groups (broad SMARTS) is 1. The van der Waals surface area contributed by atoms with Crippen LogP contribution in [0.5, 0.6) is 0 Å². The number of aliphatic carboxylic acids is 1. The van der Waals surface area contributed by atoms with E-state index in [4.69, 9.17) is 5.11 Å². The molecule has 0 fully saturated rings. The molecule has 0 saturated carbocycles. The van der Waals surface area contributed by atoms with E-state index in [0.29, 0.717) is 12.3 Å². The molecule has 2 atom stereocenters. The van der Waals surface area contributed by atoms with Gasteiger partial charge in [-0.15, -0.1) is 0 Å². The summed E-state index contributed by atoms with van der Waals surface area (Å²) in [5.41, 5.74) is 1.27. The minimum atomic E-state index is -0.713. The largest absolute Gasteiger partial charge is 0.481 e. The van der Waals surface area contributed by atoms with Crippen molar-refractivity contribution in [1.29, 1.82) is 0 Å². The van der Waals surface area contributed by atoms with Crippen molar-refractivity contribution >= 4 is 5.97 Å². The van der Waals surface area contributed by atoms with Gasteiger partial charge in [-0.25, -0.2) is 0 Å². The zero-order valence-corrected chi connectivity index (χ0v) is 12.5.